The molecule has 0 aliphatic heterocycles. The summed E-state index contributed by atoms with van der Waals surface area (Å²) in [6, 6.07) is 1.91. The number of carbonyl (C=O) groups is 1. The first-order valence-electron chi connectivity index (χ1n) is 6.89. The van der Waals surface area contributed by atoms with Crippen LogP contribution in [-0.2, 0) is 4.79 Å². The van der Waals surface area contributed by atoms with E-state index in [4.69, 9.17) is 5.73 Å². The Hall–Kier alpha value is -1.14. The lowest BCUT2D eigenvalue weighted by Crippen LogP contribution is -2.49. The fourth-order valence-electron chi connectivity index (χ4n) is 1.71. The van der Waals surface area contributed by atoms with Crippen molar-refractivity contribution in [1.29, 1.82) is 0 Å². The van der Waals surface area contributed by atoms with Gasteiger partial charge in [-0.2, -0.15) is 0 Å². The third-order valence-corrected chi connectivity index (χ3v) is 4.19. The number of hydrogen-bond acceptors (Lipinski definition) is 5. The normalized spacial score (nSPS) is 11.4. The summed E-state index contributed by atoms with van der Waals surface area (Å²) in [7, 11) is 0. The summed E-state index contributed by atoms with van der Waals surface area (Å²) < 4.78 is 0. The summed E-state index contributed by atoms with van der Waals surface area (Å²) in [5.41, 5.74) is 7.67. The van der Waals surface area contributed by atoms with Gasteiger partial charge in [0.05, 0.1) is 5.75 Å². The molecule has 0 atom stereocenters. The second-order valence-corrected chi connectivity index (χ2v) is 6.01. The Balaban J connectivity index is 2.44. The number of aryl methyl sites for hydroxylation is 2. The number of nitrogens with two attached hydrogens (primary N) is 1. The third-order valence-electron chi connectivity index (χ3n) is 3.34. The minimum Gasteiger partial charge on any atom is -0.354 e. The van der Waals surface area contributed by atoms with Gasteiger partial charge in [0.1, 0.15) is 0 Å². The third kappa shape index (κ3) is 5.46. The van der Waals surface area contributed by atoms with E-state index in [2.05, 4.69) is 15.3 Å². The Morgan fingerprint density at radius 1 is 1.30 bits per heavy atom. The predicted molar refractivity (Wildman–Crippen MR) is 82.7 cm³/mol. The van der Waals surface area contributed by atoms with E-state index in [-0.39, 0.29) is 11.4 Å². The van der Waals surface area contributed by atoms with E-state index in [0.29, 0.717) is 17.5 Å². The van der Waals surface area contributed by atoms with Crippen molar-refractivity contribution in [2.45, 2.75) is 51.2 Å². The van der Waals surface area contributed by atoms with Gasteiger partial charge in [-0.15, -0.1) is 0 Å². The van der Waals surface area contributed by atoms with E-state index >= 15 is 0 Å². The molecule has 0 saturated heterocycles. The Morgan fingerprint density at radius 3 is 2.35 bits per heavy atom. The molecule has 0 radical (unpaired) electrons. The molecule has 0 fully saturated rings. The Morgan fingerprint density at radius 2 is 1.85 bits per heavy atom. The second kappa shape index (κ2) is 7.59. The number of nitrogens with one attached hydrogen (secondary N) is 1. The highest BCUT2D eigenvalue weighted by Crippen LogP contribution is 2.14. The molecule has 0 bridgehead atoms. The number of nitrogens with zero attached hydrogens (tertiary/aromatic N) is 2. The van der Waals surface area contributed by atoms with Crippen LogP contribution < -0.4 is 11.1 Å². The lowest BCUT2D eigenvalue weighted by molar-refractivity contribution is -0.118. The maximum atomic E-state index is 11.8. The molecular weight excluding hydrogens is 272 g/mol. The molecule has 1 heterocycles. The molecule has 0 unspecified atom stereocenters. The van der Waals surface area contributed by atoms with E-state index < -0.39 is 0 Å². The molecule has 6 heteroatoms. The van der Waals surface area contributed by atoms with Crippen LogP contribution >= 0.6 is 11.8 Å². The summed E-state index contributed by atoms with van der Waals surface area (Å²) in [6.07, 6.45) is 1.69. The van der Waals surface area contributed by atoms with Crippen LogP contribution in [0.15, 0.2) is 11.2 Å². The number of aromatic nitrogens is 2. The molecule has 1 aromatic heterocycles. The van der Waals surface area contributed by atoms with Crippen molar-refractivity contribution in [3.05, 3.63) is 17.5 Å². The average molecular weight is 296 g/mol. The van der Waals surface area contributed by atoms with Gasteiger partial charge in [-0.3, -0.25) is 4.79 Å². The highest BCUT2D eigenvalue weighted by molar-refractivity contribution is 7.99. The lowest BCUT2D eigenvalue weighted by Gasteiger charge is -2.26. The maximum absolute atomic E-state index is 11.8. The van der Waals surface area contributed by atoms with Crippen LogP contribution in [0.3, 0.4) is 0 Å². The summed E-state index contributed by atoms with van der Waals surface area (Å²) in [6.45, 7) is 8.42. The van der Waals surface area contributed by atoms with Crippen LogP contribution in [0.4, 0.5) is 0 Å². The summed E-state index contributed by atoms with van der Waals surface area (Å²) in [4.78, 5) is 20.4. The van der Waals surface area contributed by atoms with Gasteiger partial charge in [0.2, 0.25) is 5.91 Å². The van der Waals surface area contributed by atoms with E-state index in [0.717, 1.165) is 24.2 Å². The SMILES string of the molecule is CCC(N)(CC)CNC(=O)CSc1nc(C)cc(C)n1. The highest BCUT2D eigenvalue weighted by Gasteiger charge is 2.20. The average Bonchev–Trinajstić information content (AvgIpc) is 2.41. The van der Waals surface area contributed by atoms with Gasteiger partial charge in [0.25, 0.3) is 0 Å². The van der Waals surface area contributed by atoms with Gasteiger partial charge < -0.3 is 11.1 Å². The summed E-state index contributed by atoms with van der Waals surface area (Å²) in [5.74, 6) is 0.279. The van der Waals surface area contributed by atoms with Gasteiger partial charge in [-0.05, 0) is 32.8 Å². The highest BCUT2D eigenvalue weighted by atomic mass is 32.2. The topological polar surface area (TPSA) is 80.9 Å². The number of carbonyl (C=O) groups excluding carboxylic acids is 1. The molecule has 0 aliphatic rings. The van der Waals surface area contributed by atoms with Crippen molar-refractivity contribution in [2.75, 3.05) is 12.3 Å². The fraction of sp³-hybridized carbons (Fsp3) is 0.643. The van der Waals surface area contributed by atoms with Crippen LogP contribution in [0.1, 0.15) is 38.1 Å². The van der Waals surface area contributed by atoms with Crippen LogP contribution in [0.5, 0.6) is 0 Å². The van der Waals surface area contributed by atoms with Crippen LogP contribution in [0, 0.1) is 13.8 Å². The summed E-state index contributed by atoms with van der Waals surface area (Å²) >= 11 is 1.35. The first-order valence-corrected chi connectivity index (χ1v) is 7.87. The Bertz CT molecular complexity index is 440. The lowest BCUT2D eigenvalue weighted by atomic mass is 9.94. The number of rotatable bonds is 7. The molecule has 5 nitrogen and oxygen atoms in total. The van der Waals surface area contributed by atoms with E-state index in [1.165, 1.54) is 11.8 Å². The van der Waals surface area contributed by atoms with E-state index in [9.17, 15) is 4.79 Å². The van der Waals surface area contributed by atoms with Crippen molar-refractivity contribution in [1.82, 2.24) is 15.3 Å². The zero-order valence-corrected chi connectivity index (χ0v) is 13.5. The van der Waals surface area contributed by atoms with Crippen molar-refractivity contribution in [2.24, 2.45) is 5.73 Å². The second-order valence-electron chi connectivity index (χ2n) is 5.07. The molecule has 3 N–H and O–H groups in total. The number of amides is 1. The molecule has 0 saturated carbocycles. The first-order chi connectivity index (χ1) is 9.38. The van der Waals surface area contributed by atoms with Gasteiger partial charge >= 0.3 is 0 Å². The van der Waals surface area contributed by atoms with Gasteiger partial charge in [0.15, 0.2) is 5.16 Å². The minimum absolute atomic E-state index is 0.0329. The molecule has 112 valence electrons. The fourth-order valence-corrected chi connectivity index (χ4v) is 2.49. The van der Waals surface area contributed by atoms with Crippen molar-refractivity contribution in [3.63, 3.8) is 0 Å². The largest absolute Gasteiger partial charge is 0.354 e. The first kappa shape index (κ1) is 16.9. The summed E-state index contributed by atoms with van der Waals surface area (Å²) in [5, 5.41) is 3.53. The Kier molecular flexibility index (Phi) is 6.42. The quantitative estimate of drug-likeness (QED) is 0.592. The molecule has 20 heavy (non-hydrogen) atoms. The smallest absolute Gasteiger partial charge is 0.230 e. The molecule has 1 amide bonds. The van der Waals surface area contributed by atoms with E-state index in [1.807, 2.05) is 33.8 Å². The molecule has 1 aromatic rings. The van der Waals surface area contributed by atoms with Crippen molar-refractivity contribution in [3.8, 4) is 0 Å². The monoisotopic (exact) mass is 296 g/mol. The van der Waals surface area contributed by atoms with Crippen LogP contribution in [-0.4, -0.2) is 33.7 Å². The van der Waals surface area contributed by atoms with Gasteiger partial charge in [0, 0.05) is 23.5 Å². The Labute approximate surface area is 125 Å². The molecule has 0 aromatic carbocycles. The standard InChI is InChI=1S/C14H24N4OS/c1-5-14(15,6-2)9-16-12(19)8-20-13-17-10(3)7-11(4)18-13/h7H,5-6,8-9,15H2,1-4H3,(H,16,19). The number of thioether (sulfide) groups is 1. The van der Waals surface area contributed by atoms with Crippen LogP contribution in [0.2, 0.25) is 0 Å². The van der Waals surface area contributed by atoms with Crippen LogP contribution in [0.25, 0.3) is 0 Å². The van der Waals surface area contributed by atoms with Gasteiger partial charge in [-0.1, -0.05) is 25.6 Å². The van der Waals surface area contributed by atoms with Crippen molar-refractivity contribution < 1.29 is 4.79 Å². The molecule has 1 rings (SSSR count). The maximum Gasteiger partial charge on any atom is 0.230 e. The minimum atomic E-state index is -0.309. The number of hydrogen-bond donors (Lipinski definition) is 2. The molecule has 0 aliphatic carbocycles. The zero-order valence-electron chi connectivity index (χ0n) is 12.7. The zero-order chi connectivity index (χ0) is 15.2. The van der Waals surface area contributed by atoms with Crippen molar-refractivity contribution >= 4 is 17.7 Å². The predicted octanol–water partition coefficient (Wildman–Crippen LogP) is 1.82. The molecular formula is C14H24N4OS. The van der Waals surface area contributed by atoms with E-state index in [1.54, 1.807) is 0 Å². The molecule has 0 spiro atoms. The van der Waals surface area contributed by atoms with Gasteiger partial charge in [-0.25, -0.2) is 9.97 Å².